The molecule has 0 saturated carbocycles. The van der Waals surface area contributed by atoms with Gasteiger partial charge in [0, 0.05) is 6.54 Å². The Morgan fingerprint density at radius 2 is 2.22 bits per heavy atom. The smallest absolute Gasteiger partial charge is 0.0110 e. The molecule has 0 aromatic rings. The molecule has 0 rings (SSSR count). The molecule has 9 heavy (non-hydrogen) atoms. The number of rotatable bonds is 3. The van der Waals surface area contributed by atoms with Gasteiger partial charge in [-0.3, -0.25) is 0 Å². The molecule has 1 nitrogen and oxygen atoms in total. The van der Waals surface area contributed by atoms with Crippen LogP contribution in [0.2, 0.25) is 0 Å². The molecule has 0 atom stereocenters. The lowest BCUT2D eigenvalue weighted by atomic mass is 10.2. The van der Waals surface area contributed by atoms with Gasteiger partial charge in [0.05, 0.1) is 0 Å². The molecule has 0 heterocycles. The first-order chi connectivity index (χ1) is 4.31. The van der Waals surface area contributed by atoms with E-state index in [2.05, 4.69) is 19.9 Å². The summed E-state index contributed by atoms with van der Waals surface area (Å²) >= 11 is 0. The zero-order valence-corrected chi connectivity index (χ0v) is 6.22. The Morgan fingerprint density at radius 3 is 2.67 bits per heavy atom. The normalized spacial score (nSPS) is 13.0. The maximum absolute atomic E-state index is 5.26. The van der Waals surface area contributed by atoms with Gasteiger partial charge >= 0.3 is 0 Å². The molecular formula is C8H15N. The van der Waals surface area contributed by atoms with Gasteiger partial charge in [-0.25, -0.2) is 0 Å². The summed E-state index contributed by atoms with van der Waals surface area (Å²) in [6.07, 6.45) is 7.28. The Hall–Kier alpha value is -0.560. The van der Waals surface area contributed by atoms with E-state index in [9.17, 15) is 0 Å². The van der Waals surface area contributed by atoms with Gasteiger partial charge in [0.2, 0.25) is 0 Å². The quantitative estimate of drug-likeness (QED) is 0.572. The van der Waals surface area contributed by atoms with Crippen molar-refractivity contribution >= 4 is 0 Å². The second kappa shape index (κ2) is 5.57. The summed E-state index contributed by atoms with van der Waals surface area (Å²) < 4.78 is 0. The lowest BCUT2D eigenvalue weighted by Crippen LogP contribution is -1.92. The Balaban J connectivity index is 3.60. The molecule has 0 unspecified atom stereocenters. The molecule has 0 aliphatic rings. The van der Waals surface area contributed by atoms with Crippen LogP contribution in [0.3, 0.4) is 0 Å². The van der Waals surface area contributed by atoms with E-state index in [1.165, 1.54) is 5.57 Å². The summed E-state index contributed by atoms with van der Waals surface area (Å²) in [4.78, 5) is 0. The van der Waals surface area contributed by atoms with Crippen LogP contribution < -0.4 is 5.73 Å². The fourth-order valence-electron chi connectivity index (χ4n) is 0.644. The lowest BCUT2D eigenvalue weighted by Gasteiger charge is -1.87. The molecule has 0 aromatic heterocycles. The highest BCUT2D eigenvalue weighted by Crippen LogP contribution is 1.95. The fraction of sp³-hybridized carbons (Fsp3) is 0.500. The van der Waals surface area contributed by atoms with Gasteiger partial charge in [0.25, 0.3) is 0 Å². The summed E-state index contributed by atoms with van der Waals surface area (Å²) in [5, 5.41) is 0. The van der Waals surface area contributed by atoms with Crippen molar-refractivity contribution in [2.24, 2.45) is 5.73 Å². The molecule has 0 bridgehead atoms. The Kier molecular flexibility index (Phi) is 5.23. The minimum absolute atomic E-state index is 0.634. The van der Waals surface area contributed by atoms with E-state index in [0.717, 1.165) is 6.42 Å². The molecule has 2 N–H and O–H groups in total. The van der Waals surface area contributed by atoms with Crippen molar-refractivity contribution in [3.63, 3.8) is 0 Å². The first-order valence-corrected chi connectivity index (χ1v) is 3.34. The molecule has 0 spiro atoms. The van der Waals surface area contributed by atoms with Gasteiger partial charge in [-0.1, -0.05) is 30.7 Å². The van der Waals surface area contributed by atoms with Gasteiger partial charge in [0.1, 0.15) is 0 Å². The molecular weight excluding hydrogens is 110 g/mol. The first-order valence-electron chi connectivity index (χ1n) is 3.34. The summed E-state index contributed by atoms with van der Waals surface area (Å²) in [6, 6.07) is 0. The van der Waals surface area contributed by atoms with E-state index in [-0.39, 0.29) is 0 Å². The number of allylic oxidation sites excluding steroid dienone is 3. The average Bonchev–Trinajstić information content (AvgIpc) is 1.85. The Morgan fingerprint density at radius 1 is 1.56 bits per heavy atom. The van der Waals surface area contributed by atoms with E-state index >= 15 is 0 Å². The lowest BCUT2D eigenvalue weighted by molar-refractivity contribution is 1.19. The predicted molar refractivity (Wildman–Crippen MR) is 42.2 cm³/mol. The number of hydrogen-bond acceptors (Lipinski definition) is 1. The van der Waals surface area contributed by atoms with Gasteiger partial charge in [0.15, 0.2) is 0 Å². The van der Waals surface area contributed by atoms with E-state index in [4.69, 9.17) is 5.73 Å². The van der Waals surface area contributed by atoms with E-state index < -0.39 is 0 Å². The second-order valence-corrected chi connectivity index (χ2v) is 1.99. The molecule has 1 heteroatoms. The van der Waals surface area contributed by atoms with Crippen molar-refractivity contribution in [2.75, 3.05) is 6.54 Å². The van der Waals surface area contributed by atoms with E-state index in [1.807, 2.05) is 12.2 Å². The molecule has 52 valence electrons. The second-order valence-electron chi connectivity index (χ2n) is 1.99. The molecule has 0 radical (unpaired) electrons. The monoisotopic (exact) mass is 125 g/mol. The first kappa shape index (κ1) is 8.44. The van der Waals surface area contributed by atoms with Crippen LogP contribution in [0.4, 0.5) is 0 Å². The third kappa shape index (κ3) is 5.31. The summed E-state index contributed by atoms with van der Waals surface area (Å²) in [7, 11) is 0. The summed E-state index contributed by atoms with van der Waals surface area (Å²) in [5.41, 5.74) is 6.55. The van der Waals surface area contributed by atoms with Crippen LogP contribution in [-0.2, 0) is 0 Å². The topological polar surface area (TPSA) is 26.0 Å². The molecule has 0 fully saturated rings. The van der Waals surface area contributed by atoms with Crippen LogP contribution in [0, 0.1) is 0 Å². The van der Waals surface area contributed by atoms with Crippen molar-refractivity contribution in [3.8, 4) is 0 Å². The van der Waals surface area contributed by atoms with E-state index in [0.29, 0.717) is 6.54 Å². The third-order valence-corrected chi connectivity index (χ3v) is 1.04. The summed E-state index contributed by atoms with van der Waals surface area (Å²) in [5.74, 6) is 0. The number of nitrogens with two attached hydrogens (primary N) is 1. The zero-order chi connectivity index (χ0) is 7.11. The maximum Gasteiger partial charge on any atom is 0.0110 e. The van der Waals surface area contributed by atoms with Crippen molar-refractivity contribution < 1.29 is 0 Å². The highest BCUT2D eigenvalue weighted by Gasteiger charge is 1.75. The minimum Gasteiger partial charge on any atom is -0.327 e. The minimum atomic E-state index is 0.634. The van der Waals surface area contributed by atoms with Gasteiger partial charge in [-0.05, 0) is 13.3 Å². The van der Waals surface area contributed by atoms with Crippen molar-refractivity contribution in [1.29, 1.82) is 0 Å². The van der Waals surface area contributed by atoms with Crippen LogP contribution >= 0.6 is 0 Å². The molecule has 0 aromatic carbocycles. The molecule has 0 aliphatic carbocycles. The van der Waals surface area contributed by atoms with Crippen LogP contribution in [-0.4, -0.2) is 6.54 Å². The SMILES string of the molecule is CC/C=C(C)/C=C\CN. The third-order valence-electron chi connectivity index (χ3n) is 1.04. The van der Waals surface area contributed by atoms with Crippen molar-refractivity contribution in [1.82, 2.24) is 0 Å². The average molecular weight is 125 g/mol. The largest absolute Gasteiger partial charge is 0.327 e. The van der Waals surface area contributed by atoms with Gasteiger partial charge < -0.3 is 5.73 Å². The van der Waals surface area contributed by atoms with Crippen LogP contribution in [0.5, 0.6) is 0 Å². The van der Waals surface area contributed by atoms with Gasteiger partial charge in [-0.15, -0.1) is 0 Å². The molecule has 0 saturated heterocycles. The van der Waals surface area contributed by atoms with Crippen LogP contribution in [0.25, 0.3) is 0 Å². The zero-order valence-electron chi connectivity index (χ0n) is 6.22. The molecule has 0 amide bonds. The van der Waals surface area contributed by atoms with E-state index in [1.54, 1.807) is 0 Å². The Bertz CT molecular complexity index is 112. The number of hydrogen-bond donors (Lipinski definition) is 1. The standard InChI is InChI=1S/C8H15N/c1-3-5-8(2)6-4-7-9/h4-6H,3,7,9H2,1-2H3/b6-4-,8-5+. The van der Waals surface area contributed by atoms with Gasteiger partial charge in [-0.2, -0.15) is 0 Å². The van der Waals surface area contributed by atoms with Crippen molar-refractivity contribution in [2.45, 2.75) is 20.3 Å². The van der Waals surface area contributed by atoms with Crippen molar-refractivity contribution in [3.05, 3.63) is 23.8 Å². The maximum atomic E-state index is 5.26. The molecule has 0 aliphatic heterocycles. The van der Waals surface area contributed by atoms with Crippen LogP contribution in [0.15, 0.2) is 23.8 Å². The highest BCUT2D eigenvalue weighted by molar-refractivity contribution is 5.15. The fourth-order valence-corrected chi connectivity index (χ4v) is 0.644. The predicted octanol–water partition coefficient (Wildman–Crippen LogP) is 1.86. The highest BCUT2D eigenvalue weighted by atomic mass is 14.5. The van der Waals surface area contributed by atoms with Crippen LogP contribution in [0.1, 0.15) is 20.3 Å². The summed E-state index contributed by atoms with van der Waals surface area (Å²) in [6.45, 7) is 4.84. The Labute approximate surface area is 57.3 Å².